The summed E-state index contributed by atoms with van der Waals surface area (Å²) < 4.78 is 13.4. The van der Waals surface area contributed by atoms with Gasteiger partial charge in [-0.3, -0.25) is 0 Å². The van der Waals surface area contributed by atoms with E-state index in [1.165, 1.54) is 0 Å². The van der Waals surface area contributed by atoms with Gasteiger partial charge < -0.3 is 13.6 Å². The first-order valence-electron chi connectivity index (χ1n) is 10.5. The molecule has 0 aliphatic rings. The van der Waals surface area contributed by atoms with E-state index in [9.17, 15) is 4.79 Å². The minimum Gasteiger partial charge on any atom is -0.394 e. The normalized spacial score (nSPS) is 14.4. The molecule has 2 atom stereocenters. The molecule has 25 heavy (non-hydrogen) atoms. The molecule has 0 aliphatic heterocycles. The molecule has 0 heterocycles. The van der Waals surface area contributed by atoms with Gasteiger partial charge in [0.2, 0.25) is 0 Å². The largest absolute Gasteiger partial charge is 0.394 e. The second-order valence-electron chi connectivity index (χ2n) is 7.01. The van der Waals surface area contributed by atoms with Crippen LogP contribution in [0.1, 0.15) is 91.9 Å². The van der Waals surface area contributed by atoms with Gasteiger partial charge in [-0.2, -0.15) is 12.6 Å². The van der Waals surface area contributed by atoms with Crippen molar-refractivity contribution in [3.8, 4) is 0 Å². The maximum atomic E-state index is 11.4. The summed E-state index contributed by atoms with van der Waals surface area (Å²) in [6.07, 6.45) is 11.4. The molecule has 0 N–H and O–H groups in total. The van der Waals surface area contributed by atoms with Crippen molar-refractivity contribution >= 4 is 27.5 Å². The van der Waals surface area contributed by atoms with Crippen LogP contribution in [0.15, 0.2) is 0 Å². The first kappa shape index (κ1) is 25.2. The summed E-state index contributed by atoms with van der Waals surface area (Å²) in [6, 6.07) is 0. The fraction of sp³-hybridized carbons (Fsp3) is 0.950. The number of carbonyl (C=O) groups is 1. The van der Waals surface area contributed by atoms with E-state index in [0.29, 0.717) is 12.0 Å². The van der Waals surface area contributed by atoms with Gasteiger partial charge in [0.05, 0.1) is 0 Å². The summed E-state index contributed by atoms with van der Waals surface area (Å²) >= 11 is 4.52. The summed E-state index contributed by atoms with van der Waals surface area (Å²) in [4.78, 5) is 11.4. The third-order valence-electron chi connectivity index (χ3n) is 4.92. The average Bonchev–Trinajstić information content (AvgIpc) is 2.60. The molecule has 0 aromatic heterocycles. The zero-order valence-electron chi connectivity index (χ0n) is 17.1. The van der Waals surface area contributed by atoms with Gasteiger partial charge in [0, 0.05) is 30.7 Å². The molecule has 5 heteroatoms. The quantitative estimate of drug-likeness (QED) is 0.129. The van der Waals surface area contributed by atoms with Crippen LogP contribution in [0.3, 0.4) is 0 Å². The van der Waals surface area contributed by atoms with Crippen LogP contribution in [0, 0.1) is 0 Å². The molecule has 0 spiro atoms. The first-order chi connectivity index (χ1) is 12.2. The fourth-order valence-corrected chi connectivity index (χ4v) is 9.13. The zero-order valence-corrected chi connectivity index (χ0v) is 19.0. The molecule has 0 aliphatic carbocycles. The molecule has 0 aromatic rings. The summed E-state index contributed by atoms with van der Waals surface area (Å²) in [5, 5.41) is 0. The highest BCUT2D eigenvalue weighted by Gasteiger charge is 2.51. The Morgan fingerprint density at radius 1 is 0.840 bits per heavy atom. The van der Waals surface area contributed by atoms with Crippen LogP contribution in [0.5, 0.6) is 0 Å². The average molecular weight is 391 g/mol. The molecule has 0 aromatic carbocycles. The Morgan fingerprint density at radius 3 is 1.76 bits per heavy atom. The van der Waals surface area contributed by atoms with Crippen molar-refractivity contribution in [2.75, 3.05) is 19.0 Å². The highest BCUT2D eigenvalue weighted by Crippen LogP contribution is 2.44. The summed E-state index contributed by atoms with van der Waals surface area (Å²) in [6.45, 7) is 10.3. The van der Waals surface area contributed by atoms with Crippen molar-refractivity contribution < 1.29 is 13.6 Å². The number of hydrogen-bond donors (Lipinski definition) is 1. The van der Waals surface area contributed by atoms with Crippen LogP contribution in [-0.4, -0.2) is 33.8 Å². The van der Waals surface area contributed by atoms with Crippen LogP contribution in [0.2, 0.25) is 11.1 Å². The highest BCUT2D eigenvalue weighted by atomic mass is 32.1. The second-order valence-corrected chi connectivity index (χ2v) is 11.1. The Kier molecular flexibility index (Phi) is 16.4. The predicted octanol–water partition coefficient (Wildman–Crippen LogP) is 6.31. The highest BCUT2D eigenvalue weighted by molar-refractivity contribution is 7.80. The maximum absolute atomic E-state index is 11.4. The molecule has 150 valence electrons. The number of unbranched alkanes of at least 4 members (excludes halogenated alkanes) is 2. The molecule has 0 saturated carbocycles. The van der Waals surface area contributed by atoms with Crippen molar-refractivity contribution in [2.24, 2.45) is 0 Å². The summed E-state index contributed by atoms with van der Waals surface area (Å²) in [7, 11) is -2.49. The van der Waals surface area contributed by atoms with Gasteiger partial charge in [-0.1, -0.05) is 53.4 Å². The molecule has 0 bridgehead atoms. The molecule has 0 fully saturated rings. The van der Waals surface area contributed by atoms with Gasteiger partial charge in [0.15, 0.2) is 0 Å². The SMILES string of the molecule is CCCCO[Si](OCCCC)(C(CC=O)CCC)C(CCC)CCS. The lowest BCUT2D eigenvalue weighted by atomic mass is 10.2. The minimum absolute atomic E-state index is 0.264. The number of thiol groups is 1. The van der Waals surface area contributed by atoms with Crippen molar-refractivity contribution in [2.45, 2.75) is 103 Å². The number of carbonyl (C=O) groups excluding carboxylic acids is 1. The topological polar surface area (TPSA) is 35.5 Å². The molecule has 0 radical (unpaired) electrons. The molecule has 0 amide bonds. The Balaban J connectivity index is 5.71. The lowest BCUT2D eigenvalue weighted by Crippen LogP contribution is -2.52. The lowest BCUT2D eigenvalue weighted by Gasteiger charge is -2.42. The van der Waals surface area contributed by atoms with Crippen molar-refractivity contribution in [1.29, 1.82) is 0 Å². The van der Waals surface area contributed by atoms with E-state index in [4.69, 9.17) is 8.85 Å². The van der Waals surface area contributed by atoms with Crippen LogP contribution < -0.4 is 0 Å². The number of aldehydes is 1. The van der Waals surface area contributed by atoms with Gasteiger partial charge in [-0.05, 0) is 37.9 Å². The van der Waals surface area contributed by atoms with E-state index >= 15 is 0 Å². The van der Waals surface area contributed by atoms with Crippen LogP contribution in [-0.2, 0) is 13.6 Å². The molecule has 3 nitrogen and oxygen atoms in total. The minimum atomic E-state index is -2.49. The molecule has 0 rings (SSSR count). The van der Waals surface area contributed by atoms with E-state index in [1.807, 2.05) is 0 Å². The van der Waals surface area contributed by atoms with E-state index in [0.717, 1.165) is 83.0 Å². The lowest BCUT2D eigenvalue weighted by molar-refractivity contribution is -0.108. The monoisotopic (exact) mass is 390 g/mol. The van der Waals surface area contributed by atoms with Gasteiger partial charge in [-0.15, -0.1) is 0 Å². The molecule has 2 unspecified atom stereocenters. The van der Waals surface area contributed by atoms with E-state index in [2.05, 4.69) is 40.3 Å². The van der Waals surface area contributed by atoms with E-state index in [-0.39, 0.29) is 5.54 Å². The van der Waals surface area contributed by atoms with Crippen molar-refractivity contribution in [3.63, 3.8) is 0 Å². The Bertz CT molecular complexity index is 299. The number of rotatable bonds is 18. The third-order valence-corrected chi connectivity index (χ3v) is 9.87. The summed E-state index contributed by atoms with van der Waals surface area (Å²) in [5.41, 5.74) is 0.695. The van der Waals surface area contributed by atoms with Crippen molar-refractivity contribution in [1.82, 2.24) is 0 Å². The van der Waals surface area contributed by atoms with E-state index < -0.39 is 8.56 Å². The Labute approximate surface area is 163 Å². The Hall–Kier alpha value is 0.157. The van der Waals surface area contributed by atoms with Crippen molar-refractivity contribution in [3.05, 3.63) is 0 Å². The van der Waals surface area contributed by atoms with Crippen LogP contribution in [0.4, 0.5) is 0 Å². The molecule has 0 saturated heterocycles. The second kappa shape index (κ2) is 16.3. The maximum Gasteiger partial charge on any atom is 0.345 e. The first-order valence-corrected chi connectivity index (χ1v) is 13.1. The van der Waals surface area contributed by atoms with Gasteiger partial charge in [-0.25, -0.2) is 0 Å². The number of hydrogen-bond acceptors (Lipinski definition) is 4. The van der Waals surface area contributed by atoms with Gasteiger partial charge in [0.25, 0.3) is 0 Å². The third kappa shape index (κ3) is 9.07. The zero-order chi connectivity index (χ0) is 19.0. The predicted molar refractivity (Wildman–Crippen MR) is 114 cm³/mol. The van der Waals surface area contributed by atoms with Crippen LogP contribution in [0.25, 0.3) is 0 Å². The van der Waals surface area contributed by atoms with Gasteiger partial charge >= 0.3 is 8.56 Å². The summed E-state index contributed by atoms with van der Waals surface area (Å²) in [5.74, 6) is 0.855. The fourth-order valence-electron chi connectivity index (χ4n) is 3.60. The van der Waals surface area contributed by atoms with Gasteiger partial charge in [0.1, 0.15) is 6.29 Å². The van der Waals surface area contributed by atoms with E-state index in [1.54, 1.807) is 0 Å². The molecular weight excluding hydrogens is 348 g/mol. The Morgan fingerprint density at radius 2 is 1.36 bits per heavy atom. The standard InChI is InChI=1S/C20H42O3SSi/c1-5-9-16-22-25(23-17-10-6-2,19(11-7-3)13-15-21)20(12-8-4)14-18-24/h15,19-20,24H,5-14,16-18H2,1-4H3. The smallest absolute Gasteiger partial charge is 0.345 e. The van der Waals surface area contributed by atoms with Crippen LogP contribution >= 0.6 is 12.6 Å². The molecular formula is C20H42O3SSi.